The van der Waals surface area contributed by atoms with Crippen LogP contribution in [0.25, 0.3) is 22.5 Å². The number of aromatic nitrogens is 7. The van der Waals surface area contributed by atoms with Gasteiger partial charge in [0.25, 0.3) is 17.2 Å². The van der Waals surface area contributed by atoms with Crippen molar-refractivity contribution in [3.63, 3.8) is 0 Å². The third-order valence-corrected chi connectivity index (χ3v) is 5.44. The Morgan fingerprint density at radius 2 is 2.15 bits per heavy atom. The van der Waals surface area contributed by atoms with Crippen LogP contribution in [0.1, 0.15) is 22.5 Å². The highest BCUT2D eigenvalue weighted by molar-refractivity contribution is 5.98. The third-order valence-electron chi connectivity index (χ3n) is 5.44. The zero-order valence-corrected chi connectivity index (χ0v) is 18.0. The summed E-state index contributed by atoms with van der Waals surface area (Å²) in [5, 5.41) is 7.43. The molecule has 168 valence electrons. The molecule has 0 aliphatic rings. The summed E-state index contributed by atoms with van der Waals surface area (Å²) in [6, 6.07) is 6.96. The summed E-state index contributed by atoms with van der Waals surface area (Å²) in [4.78, 5) is 38.9. The maximum Gasteiger partial charge on any atom is 0.267 e. The minimum Gasteiger partial charge on any atom is -0.383 e. The highest BCUT2D eigenvalue weighted by Gasteiger charge is 2.19. The summed E-state index contributed by atoms with van der Waals surface area (Å²) < 4.78 is 10.0. The first-order valence-electron chi connectivity index (χ1n) is 10.6. The number of hydrogen-bond donors (Lipinski definition) is 1. The highest BCUT2D eigenvalue weighted by Crippen LogP contribution is 2.17. The standard InChI is InChI=1S/C22H22N8O3/c1-33-10-9-28-17(11-16-19(28)27-18-6-2-3-8-29(18)21(16)32)20(31)23-7-4-5-15-12-24-22-25-14-26-30(22)13-15/h2-3,6,8,11-14H,4-5,7,9-10H2,1H3,(H,23,31). The molecule has 5 rings (SSSR count). The van der Waals surface area contributed by atoms with Gasteiger partial charge in [-0.25, -0.2) is 14.5 Å². The number of rotatable bonds is 8. The van der Waals surface area contributed by atoms with E-state index in [9.17, 15) is 9.59 Å². The molecule has 33 heavy (non-hydrogen) atoms. The SMILES string of the molecule is COCCn1c(C(=O)NCCCc2cnc3ncnn3c2)cc2c(=O)n3ccccc3nc21. The van der Waals surface area contributed by atoms with Gasteiger partial charge in [0.2, 0.25) is 0 Å². The van der Waals surface area contributed by atoms with Crippen molar-refractivity contribution in [1.82, 2.24) is 38.9 Å². The minimum absolute atomic E-state index is 0.211. The van der Waals surface area contributed by atoms with Crippen molar-refractivity contribution < 1.29 is 9.53 Å². The molecule has 0 unspecified atom stereocenters. The van der Waals surface area contributed by atoms with Crippen LogP contribution >= 0.6 is 0 Å². The average molecular weight is 446 g/mol. The number of hydrogen-bond acceptors (Lipinski definition) is 7. The van der Waals surface area contributed by atoms with E-state index in [1.165, 1.54) is 10.7 Å². The first-order valence-corrected chi connectivity index (χ1v) is 10.6. The normalized spacial score (nSPS) is 11.5. The summed E-state index contributed by atoms with van der Waals surface area (Å²) in [6.45, 7) is 1.26. The Kier molecular flexibility index (Phi) is 5.53. The number of ether oxygens (including phenoxy) is 1. The predicted molar refractivity (Wildman–Crippen MR) is 120 cm³/mol. The highest BCUT2D eigenvalue weighted by atomic mass is 16.5. The second-order valence-electron chi connectivity index (χ2n) is 7.58. The minimum atomic E-state index is -0.262. The maximum atomic E-state index is 13.0. The summed E-state index contributed by atoms with van der Waals surface area (Å²) in [7, 11) is 1.59. The second-order valence-corrected chi connectivity index (χ2v) is 7.58. The number of carbonyl (C=O) groups excluding carboxylic acids is 1. The summed E-state index contributed by atoms with van der Waals surface area (Å²) in [6.07, 6.45) is 8.21. The molecule has 5 aromatic heterocycles. The van der Waals surface area contributed by atoms with Gasteiger partial charge in [-0.1, -0.05) is 6.07 Å². The van der Waals surface area contributed by atoms with Crippen LogP contribution in [0.15, 0.2) is 54.0 Å². The van der Waals surface area contributed by atoms with Crippen LogP contribution in [-0.2, 0) is 17.7 Å². The monoisotopic (exact) mass is 446 g/mol. The van der Waals surface area contributed by atoms with Gasteiger partial charge in [-0.15, -0.1) is 0 Å². The Morgan fingerprint density at radius 3 is 3.03 bits per heavy atom. The van der Waals surface area contributed by atoms with E-state index in [1.54, 1.807) is 46.8 Å². The average Bonchev–Trinajstić information content (AvgIpc) is 3.45. The van der Waals surface area contributed by atoms with Crippen LogP contribution in [0.3, 0.4) is 0 Å². The third kappa shape index (κ3) is 3.94. The molecule has 0 radical (unpaired) electrons. The van der Waals surface area contributed by atoms with Gasteiger partial charge in [0, 0.05) is 38.8 Å². The zero-order valence-electron chi connectivity index (χ0n) is 18.0. The molecule has 0 aromatic carbocycles. The number of fused-ring (bicyclic) bond motifs is 3. The van der Waals surface area contributed by atoms with Crippen molar-refractivity contribution in [2.24, 2.45) is 0 Å². The number of pyridine rings is 1. The fourth-order valence-corrected chi connectivity index (χ4v) is 3.82. The van der Waals surface area contributed by atoms with Gasteiger partial charge in [-0.3, -0.25) is 14.0 Å². The Labute approximate surface area is 187 Å². The van der Waals surface area contributed by atoms with Crippen molar-refractivity contribution >= 4 is 28.4 Å². The van der Waals surface area contributed by atoms with E-state index in [2.05, 4.69) is 25.4 Å². The molecular weight excluding hydrogens is 424 g/mol. The van der Waals surface area contributed by atoms with E-state index in [4.69, 9.17) is 4.74 Å². The first-order chi connectivity index (χ1) is 16.2. The van der Waals surface area contributed by atoms with E-state index in [-0.39, 0.29) is 11.5 Å². The van der Waals surface area contributed by atoms with E-state index >= 15 is 0 Å². The lowest BCUT2D eigenvalue weighted by molar-refractivity contribution is 0.0941. The van der Waals surface area contributed by atoms with Gasteiger partial charge in [-0.2, -0.15) is 10.1 Å². The van der Waals surface area contributed by atoms with Crippen LogP contribution in [0.4, 0.5) is 0 Å². The second kappa shape index (κ2) is 8.79. The van der Waals surface area contributed by atoms with Gasteiger partial charge < -0.3 is 14.6 Å². The lowest BCUT2D eigenvalue weighted by Gasteiger charge is -2.10. The van der Waals surface area contributed by atoms with Crippen molar-refractivity contribution in [3.8, 4) is 0 Å². The predicted octanol–water partition coefficient (Wildman–Crippen LogP) is 1.10. The molecule has 0 aliphatic carbocycles. The maximum absolute atomic E-state index is 13.0. The quantitative estimate of drug-likeness (QED) is 0.354. The summed E-state index contributed by atoms with van der Waals surface area (Å²) in [5.74, 6) is 0.288. The van der Waals surface area contributed by atoms with Gasteiger partial charge in [0.1, 0.15) is 23.3 Å². The molecule has 0 saturated heterocycles. The topological polar surface area (TPSA) is 121 Å². The number of amides is 1. The molecule has 0 atom stereocenters. The number of aryl methyl sites for hydroxylation is 1. The van der Waals surface area contributed by atoms with E-state index in [1.807, 2.05) is 12.3 Å². The van der Waals surface area contributed by atoms with Crippen LogP contribution in [0, 0.1) is 0 Å². The molecule has 1 amide bonds. The number of carbonyl (C=O) groups is 1. The van der Waals surface area contributed by atoms with Crippen molar-refractivity contribution in [1.29, 1.82) is 0 Å². The Bertz CT molecular complexity index is 1520. The molecule has 0 spiro atoms. The zero-order chi connectivity index (χ0) is 22.8. The molecule has 0 saturated carbocycles. The molecule has 11 nitrogen and oxygen atoms in total. The molecule has 5 aromatic rings. The van der Waals surface area contributed by atoms with Crippen LogP contribution in [0.5, 0.6) is 0 Å². The van der Waals surface area contributed by atoms with E-state index in [0.29, 0.717) is 47.8 Å². The number of nitrogens with zero attached hydrogens (tertiary/aromatic N) is 7. The molecule has 5 heterocycles. The Balaban J connectivity index is 1.35. The van der Waals surface area contributed by atoms with E-state index in [0.717, 1.165) is 18.4 Å². The van der Waals surface area contributed by atoms with Gasteiger partial charge in [0.15, 0.2) is 0 Å². The van der Waals surface area contributed by atoms with Gasteiger partial charge in [-0.05, 0) is 36.6 Å². The fourth-order valence-electron chi connectivity index (χ4n) is 3.82. The van der Waals surface area contributed by atoms with Crippen molar-refractivity contribution in [3.05, 3.63) is 70.8 Å². The molecule has 11 heteroatoms. The lowest BCUT2D eigenvalue weighted by atomic mass is 10.2. The fraction of sp³-hybridized carbons (Fsp3) is 0.273. The van der Waals surface area contributed by atoms with Crippen molar-refractivity contribution in [2.45, 2.75) is 19.4 Å². The molecular formula is C22H22N8O3. The van der Waals surface area contributed by atoms with E-state index < -0.39 is 0 Å². The van der Waals surface area contributed by atoms with Gasteiger partial charge >= 0.3 is 0 Å². The largest absolute Gasteiger partial charge is 0.383 e. The molecule has 1 N–H and O–H groups in total. The molecule has 0 fully saturated rings. The molecule has 0 aliphatic heterocycles. The summed E-state index contributed by atoms with van der Waals surface area (Å²) in [5.41, 5.74) is 2.17. The lowest BCUT2D eigenvalue weighted by Crippen LogP contribution is -2.27. The first kappa shape index (κ1) is 20.8. The Hall–Kier alpha value is -4.12. The van der Waals surface area contributed by atoms with Gasteiger partial charge in [0.05, 0.1) is 12.0 Å². The number of nitrogens with one attached hydrogen (secondary N) is 1. The summed E-state index contributed by atoms with van der Waals surface area (Å²) >= 11 is 0. The van der Waals surface area contributed by atoms with Crippen LogP contribution < -0.4 is 10.9 Å². The Morgan fingerprint density at radius 1 is 1.24 bits per heavy atom. The van der Waals surface area contributed by atoms with Crippen LogP contribution in [0.2, 0.25) is 0 Å². The van der Waals surface area contributed by atoms with Crippen LogP contribution in [-0.4, -0.2) is 59.7 Å². The smallest absolute Gasteiger partial charge is 0.267 e. The number of methoxy groups -OCH3 is 1. The van der Waals surface area contributed by atoms with Crippen molar-refractivity contribution in [2.75, 3.05) is 20.3 Å². The molecule has 0 bridgehead atoms.